The van der Waals surface area contributed by atoms with E-state index >= 15 is 0 Å². The van der Waals surface area contributed by atoms with Crippen molar-refractivity contribution in [3.63, 3.8) is 0 Å². The van der Waals surface area contributed by atoms with Crippen molar-refractivity contribution in [1.82, 2.24) is 0 Å². The molecule has 0 saturated carbocycles. The van der Waals surface area contributed by atoms with E-state index in [2.05, 4.69) is 4.74 Å². The molecule has 10 heteroatoms. The van der Waals surface area contributed by atoms with Crippen LogP contribution in [0.15, 0.2) is 0 Å². The van der Waals surface area contributed by atoms with Gasteiger partial charge in [-0.3, -0.25) is 9.59 Å². The van der Waals surface area contributed by atoms with Gasteiger partial charge in [0, 0.05) is 0 Å². The Kier molecular flexibility index (Phi) is 5.21. The number of hydrogen-bond donors (Lipinski definition) is 5. The van der Waals surface area contributed by atoms with Crippen molar-refractivity contribution < 1.29 is 49.4 Å². The maximum atomic E-state index is 10.9. The van der Waals surface area contributed by atoms with E-state index in [-0.39, 0.29) is 0 Å². The first-order valence-electron chi connectivity index (χ1n) is 4.36. The summed E-state index contributed by atoms with van der Waals surface area (Å²) < 4.78 is 4.18. The van der Waals surface area contributed by atoms with Crippen LogP contribution in [0.25, 0.3) is 0 Å². The average molecular weight is 266 g/mol. The Morgan fingerprint density at radius 2 is 1.33 bits per heavy atom. The van der Waals surface area contributed by atoms with Crippen LogP contribution in [0.4, 0.5) is 0 Å². The van der Waals surface area contributed by atoms with Gasteiger partial charge in [-0.25, -0.2) is 9.59 Å². The van der Waals surface area contributed by atoms with Crippen molar-refractivity contribution in [2.45, 2.75) is 24.7 Å². The topological polar surface area (TPSA) is 179 Å². The van der Waals surface area contributed by atoms with E-state index < -0.39 is 48.6 Å². The van der Waals surface area contributed by atoms with Crippen molar-refractivity contribution in [1.29, 1.82) is 0 Å². The molecule has 0 radical (unpaired) electrons. The van der Waals surface area contributed by atoms with Crippen molar-refractivity contribution in [2.75, 3.05) is 0 Å². The van der Waals surface area contributed by atoms with E-state index in [0.29, 0.717) is 0 Å². The highest BCUT2D eigenvalue weighted by Crippen LogP contribution is 2.23. The van der Waals surface area contributed by atoms with Gasteiger partial charge in [-0.2, -0.15) is 0 Å². The van der Waals surface area contributed by atoms with Crippen LogP contribution in [0.5, 0.6) is 0 Å². The van der Waals surface area contributed by atoms with Crippen LogP contribution in [0, 0.1) is 0 Å². The summed E-state index contributed by atoms with van der Waals surface area (Å²) in [4.78, 5) is 42.2. The molecular formula is C8H10O10. The lowest BCUT2D eigenvalue weighted by Gasteiger charge is -2.27. The summed E-state index contributed by atoms with van der Waals surface area (Å²) in [5, 5.41) is 43.0. The van der Waals surface area contributed by atoms with E-state index in [1.165, 1.54) is 0 Å². The molecule has 1 atom stereocenters. The van der Waals surface area contributed by atoms with Crippen LogP contribution in [0.3, 0.4) is 0 Å². The van der Waals surface area contributed by atoms with Crippen molar-refractivity contribution >= 4 is 23.9 Å². The molecule has 0 saturated heterocycles. The number of carbonyl (C=O) groups is 4. The molecule has 0 aromatic carbocycles. The van der Waals surface area contributed by atoms with Crippen LogP contribution >= 0.6 is 0 Å². The van der Waals surface area contributed by atoms with Gasteiger partial charge in [0.25, 0.3) is 6.29 Å². The average Bonchev–Trinajstić information content (AvgIpc) is 2.14. The predicted octanol–water partition coefficient (Wildman–Crippen LogP) is -1.82. The fourth-order valence-electron chi connectivity index (χ4n) is 1.10. The second-order valence-corrected chi connectivity index (χ2v) is 3.25. The summed E-state index contributed by atoms with van der Waals surface area (Å²) in [6, 6.07) is 0. The lowest BCUT2D eigenvalue weighted by atomic mass is 9.95. The second kappa shape index (κ2) is 5.93. The summed E-state index contributed by atoms with van der Waals surface area (Å²) in [7, 11) is 0. The SMILES string of the molecule is O=C(O)CC(CC(=O)O)(OC(O)C(=O)O)C(=O)O. The highest BCUT2D eigenvalue weighted by atomic mass is 16.6. The molecule has 1 unspecified atom stereocenters. The first-order valence-corrected chi connectivity index (χ1v) is 4.36. The third-order valence-electron chi connectivity index (χ3n) is 1.81. The number of aliphatic hydroxyl groups excluding tert-OH is 1. The molecule has 0 aliphatic heterocycles. The maximum absolute atomic E-state index is 10.9. The molecule has 18 heavy (non-hydrogen) atoms. The monoisotopic (exact) mass is 266 g/mol. The van der Waals surface area contributed by atoms with Crippen LogP contribution in [-0.4, -0.2) is 61.3 Å². The molecule has 0 aromatic rings. The molecule has 5 N–H and O–H groups in total. The summed E-state index contributed by atoms with van der Waals surface area (Å²) >= 11 is 0. The molecule has 0 spiro atoms. The van der Waals surface area contributed by atoms with E-state index in [0.717, 1.165) is 0 Å². The van der Waals surface area contributed by atoms with Crippen LogP contribution in [0.1, 0.15) is 12.8 Å². The van der Waals surface area contributed by atoms with Gasteiger partial charge in [0.2, 0.25) is 0 Å². The third-order valence-corrected chi connectivity index (χ3v) is 1.81. The summed E-state index contributed by atoms with van der Waals surface area (Å²) in [5.74, 6) is -7.43. The number of hydrogen-bond acceptors (Lipinski definition) is 6. The van der Waals surface area contributed by atoms with Gasteiger partial charge >= 0.3 is 23.9 Å². The first kappa shape index (κ1) is 15.8. The number of rotatable bonds is 8. The molecule has 102 valence electrons. The Bertz CT molecular complexity index is 356. The number of carboxylic acids is 4. The van der Waals surface area contributed by atoms with Gasteiger partial charge in [-0.1, -0.05) is 0 Å². The van der Waals surface area contributed by atoms with E-state index in [1.54, 1.807) is 0 Å². The predicted molar refractivity (Wildman–Crippen MR) is 49.6 cm³/mol. The van der Waals surface area contributed by atoms with Crippen molar-refractivity contribution in [3.05, 3.63) is 0 Å². The van der Waals surface area contributed by atoms with Crippen molar-refractivity contribution in [3.8, 4) is 0 Å². The highest BCUT2D eigenvalue weighted by molar-refractivity contribution is 5.88. The largest absolute Gasteiger partial charge is 0.481 e. The van der Waals surface area contributed by atoms with Gasteiger partial charge in [0.1, 0.15) is 0 Å². The minimum absolute atomic E-state index is 1.32. The van der Waals surface area contributed by atoms with Gasteiger partial charge < -0.3 is 30.3 Å². The quantitative estimate of drug-likeness (QED) is 0.314. The Morgan fingerprint density at radius 3 is 1.56 bits per heavy atom. The normalized spacial score (nSPS) is 12.7. The van der Waals surface area contributed by atoms with E-state index in [9.17, 15) is 19.2 Å². The number of carboxylic acid groups (broad SMARTS) is 4. The molecule has 0 aliphatic carbocycles. The highest BCUT2D eigenvalue weighted by Gasteiger charge is 2.47. The molecular weight excluding hydrogens is 256 g/mol. The zero-order valence-electron chi connectivity index (χ0n) is 8.77. The summed E-state index contributed by atoms with van der Waals surface area (Å²) in [6.07, 6.45) is -5.29. The molecule has 0 bridgehead atoms. The lowest BCUT2D eigenvalue weighted by Crippen LogP contribution is -2.49. The van der Waals surface area contributed by atoms with Crippen LogP contribution < -0.4 is 0 Å². The fourth-order valence-corrected chi connectivity index (χ4v) is 1.10. The molecule has 0 fully saturated rings. The number of aliphatic hydroxyl groups is 1. The fraction of sp³-hybridized carbons (Fsp3) is 0.500. The first-order chi connectivity index (χ1) is 8.10. The Hall–Kier alpha value is -2.20. The molecule has 0 aliphatic rings. The smallest absolute Gasteiger partial charge is 0.360 e. The number of aliphatic carboxylic acids is 4. The van der Waals surface area contributed by atoms with Gasteiger partial charge in [0.15, 0.2) is 5.60 Å². The zero-order chi connectivity index (χ0) is 14.5. The molecule has 0 aromatic heterocycles. The van der Waals surface area contributed by atoms with Gasteiger partial charge in [-0.05, 0) is 0 Å². The standard InChI is InChI=1S/C8H10O10/c9-3(10)1-8(7(16)17,2-4(11)12)18-6(15)5(13)14/h6,15H,1-2H2,(H,9,10)(H,11,12)(H,13,14)(H,16,17). The summed E-state index contributed by atoms with van der Waals surface area (Å²) in [6.45, 7) is 0. The number of ether oxygens (including phenoxy) is 1. The lowest BCUT2D eigenvalue weighted by molar-refractivity contribution is -0.222. The minimum Gasteiger partial charge on any atom is -0.481 e. The van der Waals surface area contributed by atoms with E-state index in [1.807, 2.05) is 0 Å². The zero-order valence-corrected chi connectivity index (χ0v) is 8.77. The molecule has 0 heterocycles. The third kappa shape index (κ3) is 4.35. The Morgan fingerprint density at radius 1 is 0.944 bits per heavy atom. The van der Waals surface area contributed by atoms with Crippen LogP contribution in [-0.2, 0) is 23.9 Å². The Balaban J connectivity index is 5.31. The molecule has 0 amide bonds. The Labute approximate surface area is 99.0 Å². The van der Waals surface area contributed by atoms with Crippen LogP contribution in [0.2, 0.25) is 0 Å². The van der Waals surface area contributed by atoms with E-state index in [4.69, 9.17) is 25.5 Å². The van der Waals surface area contributed by atoms with Crippen molar-refractivity contribution in [2.24, 2.45) is 0 Å². The second-order valence-electron chi connectivity index (χ2n) is 3.25. The molecule has 0 rings (SSSR count). The molecule has 10 nitrogen and oxygen atoms in total. The maximum Gasteiger partial charge on any atom is 0.360 e. The minimum atomic E-state index is -2.87. The van der Waals surface area contributed by atoms with Gasteiger partial charge in [0.05, 0.1) is 12.8 Å². The summed E-state index contributed by atoms with van der Waals surface area (Å²) in [5.41, 5.74) is -2.87. The van der Waals surface area contributed by atoms with Gasteiger partial charge in [-0.15, -0.1) is 0 Å².